The first-order valence-corrected chi connectivity index (χ1v) is 13.3. The summed E-state index contributed by atoms with van der Waals surface area (Å²) in [6, 6.07) is 5.99. The summed E-state index contributed by atoms with van der Waals surface area (Å²) in [7, 11) is 0. The van der Waals surface area contributed by atoms with E-state index in [0.717, 1.165) is 57.8 Å². The molecule has 192 valence electrons. The number of nitrogens with zero attached hydrogens (tertiary/aromatic N) is 4. The number of piperazine rings is 1. The predicted octanol–water partition coefficient (Wildman–Crippen LogP) is 1.90. The minimum absolute atomic E-state index is 0.0310. The third-order valence-electron chi connectivity index (χ3n) is 6.78. The average Bonchev–Trinajstić information content (AvgIpc) is 3.33. The summed E-state index contributed by atoms with van der Waals surface area (Å²) >= 11 is 12.1. The van der Waals surface area contributed by atoms with E-state index >= 15 is 0 Å². The van der Waals surface area contributed by atoms with Crippen LogP contribution in [-0.2, 0) is 9.59 Å². The van der Waals surface area contributed by atoms with Crippen molar-refractivity contribution in [3.63, 3.8) is 0 Å². The zero-order chi connectivity index (χ0) is 24.6. The molecule has 0 saturated carbocycles. The van der Waals surface area contributed by atoms with Crippen molar-refractivity contribution in [3.05, 3.63) is 28.2 Å². The van der Waals surface area contributed by atoms with Gasteiger partial charge in [0.2, 0.25) is 11.8 Å². The highest BCUT2D eigenvalue weighted by Crippen LogP contribution is 2.28. The van der Waals surface area contributed by atoms with Crippen molar-refractivity contribution in [3.8, 4) is 0 Å². The average molecular weight is 524 g/mol. The number of likely N-dealkylation sites (tertiary alicyclic amines) is 1. The molecule has 1 aromatic carbocycles. The maximum Gasteiger partial charge on any atom is 0.234 e. The van der Waals surface area contributed by atoms with Crippen LogP contribution in [0.25, 0.3) is 0 Å². The zero-order valence-electron chi connectivity index (χ0n) is 20.1. The molecule has 0 bridgehead atoms. The first-order chi connectivity index (χ1) is 17.0. The molecule has 0 radical (unpaired) electrons. The van der Waals surface area contributed by atoms with Crippen LogP contribution in [0.5, 0.6) is 0 Å². The summed E-state index contributed by atoms with van der Waals surface area (Å²) in [4.78, 5) is 29.4. The van der Waals surface area contributed by atoms with Crippen molar-refractivity contribution in [2.45, 2.75) is 38.1 Å². The Labute approximate surface area is 217 Å². The Morgan fingerprint density at radius 1 is 1.03 bits per heavy atom. The summed E-state index contributed by atoms with van der Waals surface area (Å²) in [5, 5.41) is 16.4. The van der Waals surface area contributed by atoms with Crippen LogP contribution in [0.1, 0.15) is 32.1 Å². The maximum absolute atomic E-state index is 12.3. The second-order valence-electron chi connectivity index (χ2n) is 9.31. The van der Waals surface area contributed by atoms with Crippen molar-refractivity contribution in [2.75, 3.05) is 63.9 Å². The Morgan fingerprint density at radius 2 is 1.80 bits per heavy atom. The molecule has 2 saturated heterocycles. The van der Waals surface area contributed by atoms with Crippen molar-refractivity contribution in [1.82, 2.24) is 25.8 Å². The van der Waals surface area contributed by atoms with Crippen molar-refractivity contribution >= 4 is 46.5 Å². The molecule has 2 fully saturated rings. The first kappa shape index (κ1) is 26.2. The molecular formula is C24H35Cl2N7O2. The number of amides is 2. The maximum atomic E-state index is 12.3. The van der Waals surface area contributed by atoms with Crippen LogP contribution in [0.2, 0.25) is 10.0 Å². The van der Waals surface area contributed by atoms with Crippen LogP contribution in [-0.4, -0.2) is 92.4 Å². The van der Waals surface area contributed by atoms with Gasteiger partial charge in [-0.3, -0.25) is 24.4 Å². The molecule has 1 aromatic rings. The first-order valence-electron chi connectivity index (χ1n) is 12.5. The Morgan fingerprint density at radius 3 is 2.54 bits per heavy atom. The molecule has 11 heteroatoms. The van der Waals surface area contributed by atoms with E-state index in [9.17, 15) is 9.59 Å². The van der Waals surface area contributed by atoms with E-state index in [1.165, 1.54) is 0 Å². The molecule has 0 atom stereocenters. The summed E-state index contributed by atoms with van der Waals surface area (Å²) in [6.45, 7) is 7.92. The molecule has 9 nitrogen and oxygen atoms in total. The normalized spacial score (nSPS) is 20.1. The highest BCUT2D eigenvalue weighted by molar-refractivity contribution is 6.42. The SMILES string of the molecule is O=C(CN1CCC(N2CCNCC2)CC1)NCCCC(=O)NC1=NN(c2ccc(Cl)c(Cl)c2)CC1. The van der Waals surface area contributed by atoms with E-state index in [-0.39, 0.29) is 11.8 Å². The number of hydrogen-bond donors (Lipinski definition) is 3. The third kappa shape index (κ3) is 7.79. The highest BCUT2D eigenvalue weighted by atomic mass is 35.5. The Bertz CT molecular complexity index is 915. The smallest absolute Gasteiger partial charge is 0.234 e. The number of rotatable bonds is 8. The second kappa shape index (κ2) is 12.9. The van der Waals surface area contributed by atoms with Gasteiger partial charge in [0.15, 0.2) is 0 Å². The van der Waals surface area contributed by atoms with E-state index in [4.69, 9.17) is 23.2 Å². The van der Waals surface area contributed by atoms with E-state index in [2.05, 4.69) is 30.9 Å². The molecular weight excluding hydrogens is 489 g/mol. The Hall–Kier alpha value is -1.91. The molecule has 3 aliphatic rings. The van der Waals surface area contributed by atoms with Gasteiger partial charge in [-0.25, -0.2) is 0 Å². The Balaban J connectivity index is 1.08. The largest absolute Gasteiger partial charge is 0.355 e. The van der Waals surface area contributed by atoms with Gasteiger partial charge in [-0.15, -0.1) is 0 Å². The van der Waals surface area contributed by atoms with Crippen LogP contribution < -0.4 is 21.0 Å². The van der Waals surface area contributed by atoms with E-state index in [0.29, 0.717) is 60.8 Å². The topological polar surface area (TPSA) is 92.3 Å². The molecule has 2 amide bonds. The molecule has 0 spiro atoms. The molecule has 0 aliphatic carbocycles. The number of amidine groups is 1. The third-order valence-corrected chi connectivity index (χ3v) is 7.52. The lowest BCUT2D eigenvalue weighted by Crippen LogP contribution is -2.52. The highest BCUT2D eigenvalue weighted by Gasteiger charge is 2.26. The fourth-order valence-electron chi connectivity index (χ4n) is 4.83. The van der Waals surface area contributed by atoms with Crippen LogP contribution in [0, 0.1) is 0 Å². The van der Waals surface area contributed by atoms with Gasteiger partial charge in [0, 0.05) is 71.2 Å². The lowest BCUT2D eigenvalue weighted by Gasteiger charge is -2.40. The molecule has 0 aromatic heterocycles. The number of carbonyl (C=O) groups is 2. The fourth-order valence-corrected chi connectivity index (χ4v) is 5.12. The number of hydrogen-bond acceptors (Lipinski definition) is 7. The van der Waals surface area contributed by atoms with E-state index < -0.39 is 0 Å². The minimum atomic E-state index is -0.0935. The zero-order valence-corrected chi connectivity index (χ0v) is 21.6. The van der Waals surface area contributed by atoms with Gasteiger partial charge in [0.05, 0.1) is 22.3 Å². The molecule has 0 unspecified atom stereocenters. The molecule has 3 N–H and O–H groups in total. The number of nitrogens with one attached hydrogen (secondary N) is 3. The minimum Gasteiger partial charge on any atom is -0.355 e. The van der Waals surface area contributed by atoms with Gasteiger partial charge in [0.1, 0.15) is 5.84 Å². The molecule has 4 rings (SSSR count). The number of carbonyl (C=O) groups excluding carboxylic acids is 2. The summed E-state index contributed by atoms with van der Waals surface area (Å²) in [5.41, 5.74) is 0.833. The number of hydrazone groups is 1. The second-order valence-corrected chi connectivity index (χ2v) is 10.1. The number of anilines is 1. The van der Waals surface area contributed by atoms with E-state index in [1.54, 1.807) is 17.1 Å². The molecule has 3 aliphatic heterocycles. The number of benzene rings is 1. The van der Waals surface area contributed by atoms with Crippen molar-refractivity contribution in [2.24, 2.45) is 5.10 Å². The van der Waals surface area contributed by atoms with Gasteiger partial charge in [-0.05, 0) is 37.5 Å². The predicted molar refractivity (Wildman–Crippen MR) is 140 cm³/mol. The summed E-state index contributed by atoms with van der Waals surface area (Å²) < 4.78 is 0. The summed E-state index contributed by atoms with van der Waals surface area (Å²) in [6.07, 6.45) is 3.82. The van der Waals surface area contributed by atoms with Gasteiger partial charge < -0.3 is 16.0 Å². The monoisotopic (exact) mass is 523 g/mol. The van der Waals surface area contributed by atoms with Crippen molar-refractivity contribution in [1.29, 1.82) is 0 Å². The Kier molecular flexibility index (Phi) is 9.62. The fraction of sp³-hybridized carbons (Fsp3) is 0.625. The summed E-state index contributed by atoms with van der Waals surface area (Å²) in [5.74, 6) is 0.571. The van der Waals surface area contributed by atoms with Gasteiger partial charge in [0.25, 0.3) is 0 Å². The molecule has 3 heterocycles. The van der Waals surface area contributed by atoms with Crippen LogP contribution >= 0.6 is 23.2 Å². The van der Waals surface area contributed by atoms with Gasteiger partial charge in [-0.1, -0.05) is 23.2 Å². The number of piperidine rings is 1. The standard InChI is InChI=1S/C24H35Cl2N7O2/c25-20-4-3-19(16-21(20)26)33-13-7-22(30-33)29-23(34)2-1-8-28-24(35)17-31-11-5-18(6-12-31)32-14-9-27-10-15-32/h3-4,16,18,27H,1-2,5-15,17H2,(H,28,35)(H,29,30,34). The lowest BCUT2D eigenvalue weighted by atomic mass is 10.0. The van der Waals surface area contributed by atoms with Gasteiger partial charge >= 0.3 is 0 Å². The van der Waals surface area contributed by atoms with Crippen LogP contribution in [0.4, 0.5) is 5.69 Å². The van der Waals surface area contributed by atoms with Crippen LogP contribution in [0.15, 0.2) is 23.3 Å². The lowest BCUT2D eigenvalue weighted by molar-refractivity contribution is -0.123. The van der Waals surface area contributed by atoms with Crippen LogP contribution in [0.3, 0.4) is 0 Å². The van der Waals surface area contributed by atoms with Crippen molar-refractivity contribution < 1.29 is 9.59 Å². The quantitative estimate of drug-likeness (QED) is 0.450. The molecule has 35 heavy (non-hydrogen) atoms. The van der Waals surface area contributed by atoms with Gasteiger partial charge in [-0.2, -0.15) is 5.10 Å². The number of halogens is 2. The van der Waals surface area contributed by atoms with E-state index in [1.807, 2.05) is 6.07 Å².